The fourth-order valence-corrected chi connectivity index (χ4v) is 5.50. The number of H-pyrrole nitrogens is 1. The molecule has 2 aliphatic heterocycles. The van der Waals surface area contributed by atoms with Crippen molar-refractivity contribution in [3.63, 3.8) is 0 Å². The zero-order valence-electron chi connectivity index (χ0n) is 22.5. The van der Waals surface area contributed by atoms with Crippen molar-refractivity contribution in [3.05, 3.63) is 73.1 Å². The normalized spacial score (nSPS) is 17.2. The molecule has 5 aromatic heterocycles. The molecule has 0 aromatic carbocycles. The van der Waals surface area contributed by atoms with E-state index < -0.39 is 0 Å². The molecule has 206 valence electrons. The number of hydrogen-bond donors (Lipinski definition) is 4. The number of pyridine rings is 4. The van der Waals surface area contributed by atoms with Gasteiger partial charge in [-0.25, -0.2) is 20.8 Å². The summed E-state index contributed by atoms with van der Waals surface area (Å²) in [5.41, 5.74) is 6.25. The zero-order valence-corrected chi connectivity index (χ0v) is 22.5. The number of nitrogens with zero attached hydrogens (tertiary/aromatic N) is 7. The minimum atomic E-state index is -0.329. The molecule has 1 unspecified atom stereocenters. The fourth-order valence-electron chi connectivity index (χ4n) is 5.50. The lowest BCUT2D eigenvalue weighted by Gasteiger charge is -2.30. The number of carbonyl (C=O) groups excluding carboxylic acids is 1. The number of nitrogens with two attached hydrogens (primary N) is 1. The van der Waals surface area contributed by atoms with Crippen molar-refractivity contribution in [2.75, 3.05) is 35.8 Å². The smallest absolute Gasteiger partial charge is 0.244 e. The first-order valence-corrected chi connectivity index (χ1v) is 13.6. The highest BCUT2D eigenvalue weighted by atomic mass is 16.2. The van der Waals surface area contributed by atoms with Crippen LogP contribution in [-0.2, 0) is 4.79 Å². The van der Waals surface area contributed by atoms with Crippen LogP contribution in [0.5, 0.6) is 0 Å². The maximum Gasteiger partial charge on any atom is 0.244 e. The molecule has 0 radical (unpaired) electrons. The fraction of sp³-hybridized carbons (Fsp3) is 0.241. The average molecular weight is 548 g/mol. The summed E-state index contributed by atoms with van der Waals surface area (Å²) in [4.78, 5) is 33.3. The third kappa shape index (κ3) is 4.62. The van der Waals surface area contributed by atoms with E-state index in [2.05, 4.69) is 52.7 Å². The summed E-state index contributed by atoms with van der Waals surface area (Å²) in [7, 11) is 2.07. The maximum atomic E-state index is 13.1. The van der Waals surface area contributed by atoms with Crippen LogP contribution in [0.25, 0.3) is 33.4 Å². The van der Waals surface area contributed by atoms with E-state index in [1.807, 2.05) is 36.4 Å². The highest BCUT2D eigenvalue weighted by Crippen LogP contribution is 2.41. The first-order valence-electron chi connectivity index (χ1n) is 13.6. The molecule has 1 amide bonds. The quantitative estimate of drug-likeness (QED) is 0.146. The summed E-state index contributed by atoms with van der Waals surface area (Å²) >= 11 is 0. The van der Waals surface area contributed by atoms with Gasteiger partial charge in [0.25, 0.3) is 0 Å². The molecule has 0 spiro atoms. The van der Waals surface area contributed by atoms with Crippen LogP contribution in [0.2, 0.25) is 0 Å². The first-order chi connectivity index (χ1) is 20.0. The predicted octanol–water partition coefficient (Wildman–Crippen LogP) is 3.56. The van der Waals surface area contributed by atoms with Gasteiger partial charge >= 0.3 is 0 Å². The topological polar surface area (TPSA) is 154 Å². The molecule has 2 aliphatic rings. The van der Waals surface area contributed by atoms with Gasteiger partial charge in [-0.1, -0.05) is 6.07 Å². The SMILES string of the molecule is CN1CCC(C(=O)N(N)c2cncc(-c3cnc4[nH]nc(C5Nc6nccc(-c7ccccn7)c6N5)c4c3)c2)CC1. The Morgan fingerprint density at radius 1 is 1.00 bits per heavy atom. The molecule has 5 aromatic rings. The Kier molecular flexibility index (Phi) is 6.25. The van der Waals surface area contributed by atoms with Crippen LogP contribution in [-0.4, -0.2) is 61.1 Å². The van der Waals surface area contributed by atoms with Crippen LogP contribution in [0.1, 0.15) is 24.7 Å². The summed E-state index contributed by atoms with van der Waals surface area (Å²) in [5, 5.41) is 16.6. The molecular formula is C29H29N11O. The second kappa shape index (κ2) is 10.2. The predicted molar refractivity (Wildman–Crippen MR) is 156 cm³/mol. The number of hydrazine groups is 1. The monoisotopic (exact) mass is 547 g/mol. The van der Waals surface area contributed by atoms with Gasteiger partial charge in [0, 0.05) is 52.8 Å². The number of hydrogen-bond acceptors (Lipinski definition) is 10. The van der Waals surface area contributed by atoms with Crippen LogP contribution in [0, 0.1) is 5.92 Å². The lowest BCUT2D eigenvalue weighted by molar-refractivity contribution is -0.123. The lowest BCUT2D eigenvalue weighted by atomic mass is 9.96. The summed E-state index contributed by atoms with van der Waals surface area (Å²) < 4.78 is 0. The molecule has 0 bridgehead atoms. The van der Waals surface area contributed by atoms with E-state index in [4.69, 9.17) is 5.84 Å². The molecule has 7 heterocycles. The summed E-state index contributed by atoms with van der Waals surface area (Å²) in [6.07, 6.45) is 9.92. The van der Waals surface area contributed by atoms with E-state index in [0.717, 1.165) is 70.9 Å². The Labute approximate surface area is 236 Å². The Morgan fingerprint density at radius 3 is 2.68 bits per heavy atom. The highest BCUT2D eigenvalue weighted by Gasteiger charge is 2.30. The molecular weight excluding hydrogens is 518 g/mol. The Hall–Kier alpha value is -4.94. The standard InChI is InChI=1S/C29H29N11O/c1-39-10-6-17(7-11-39)29(41)40(30)20-12-18(14-31-16-20)19-13-22-25(37-38-26(22)34-15-19)28-35-24-21(5-9-33-27(24)36-28)23-4-2-3-8-32-23/h2-5,8-9,12-17,28,35H,6-7,10-11,30H2,1H3,(H,33,36)(H,34,37,38). The molecule has 12 nitrogen and oxygen atoms in total. The number of fused-ring (bicyclic) bond motifs is 2. The Bertz CT molecular complexity index is 1730. The molecule has 0 aliphatic carbocycles. The van der Waals surface area contributed by atoms with Crippen LogP contribution >= 0.6 is 0 Å². The number of rotatable bonds is 5. The van der Waals surface area contributed by atoms with Gasteiger partial charge in [0.1, 0.15) is 11.9 Å². The van der Waals surface area contributed by atoms with Crippen molar-refractivity contribution >= 4 is 34.1 Å². The molecule has 1 fully saturated rings. The van der Waals surface area contributed by atoms with Gasteiger partial charge in [0.05, 0.1) is 23.3 Å². The van der Waals surface area contributed by atoms with Crippen molar-refractivity contribution in [1.29, 1.82) is 0 Å². The molecule has 41 heavy (non-hydrogen) atoms. The number of nitrogens with one attached hydrogen (secondary N) is 3. The number of aromatic nitrogens is 6. The van der Waals surface area contributed by atoms with Gasteiger partial charge in [0.15, 0.2) is 11.5 Å². The van der Waals surface area contributed by atoms with Gasteiger partial charge in [-0.05, 0) is 63.3 Å². The van der Waals surface area contributed by atoms with Crippen molar-refractivity contribution in [2.24, 2.45) is 11.8 Å². The molecule has 1 atom stereocenters. The number of amides is 1. The summed E-state index contributed by atoms with van der Waals surface area (Å²) in [6.45, 7) is 1.77. The minimum Gasteiger partial charge on any atom is -0.357 e. The van der Waals surface area contributed by atoms with Gasteiger partial charge < -0.3 is 15.5 Å². The van der Waals surface area contributed by atoms with E-state index in [1.54, 1.807) is 31.0 Å². The number of carbonyl (C=O) groups is 1. The molecule has 12 heteroatoms. The van der Waals surface area contributed by atoms with Crippen LogP contribution < -0.4 is 21.5 Å². The Balaban J connectivity index is 1.16. The number of anilines is 3. The van der Waals surface area contributed by atoms with E-state index in [1.165, 1.54) is 5.01 Å². The maximum absolute atomic E-state index is 13.1. The van der Waals surface area contributed by atoms with E-state index in [0.29, 0.717) is 11.3 Å². The Morgan fingerprint density at radius 2 is 1.85 bits per heavy atom. The van der Waals surface area contributed by atoms with E-state index in [9.17, 15) is 4.79 Å². The van der Waals surface area contributed by atoms with Crippen LogP contribution in [0.15, 0.2) is 67.4 Å². The summed E-state index contributed by atoms with van der Waals surface area (Å²) in [6, 6.07) is 11.6. The van der Waals surface area contributed by atoms with E-state index >= 15 is 0 Å². The first kappa shape index (κ1) is 25.1. The third-order valence-electron chi connectivity index (χ3n) is 7.82. The average Bonchev–Trinajstić information content (AvgIpc) is 3.65. The van der Waals surface area contributed by atoms with Crippen molar-refractivity contribution in [1.82, 2.24) is 35.0 Å². The van der Waals surface area contributed by atoms with Crippen LogP contribution in [0.4, 0.5) is 17.2 Å². The minimum absolute atomic E-state index is 0.0839. The lowest BCUT2D eigenvalue weighted by Crippen LogP contribution is -2.45. The van der Waals surface area contributed by atoms with Gasteiger partial charge in [-0.15, -0.1) is 0 Å². The van der Waals surface area contributed by atoms with Gasteiger partial charge in [0.2, 0.25) is 5.91 Å². The second-order valence-corrected chi connectivity index (χ2v) is 10.5. The number of likely N-dealkylation sites (tertiary alicyclic amines) is 1. The van der Waals surface area contributed by atoms with Crippen LogP contribution in [0.3, 0.4) is 0 Å². The number of aromatic amines is 1. The molecule has 7 rings (SSSR count). The highest BCUT2D eigenvalue weighted by molar-refractivity contribution is 5.95. The number of piperidine rings is 1. The van der Waals surface area contributed by atoms with Gasteiger partial charge in [-0.2, -0.15) is 5.10 Å². The van der Waals surface area contributed by atoms with Gasteiger partial charge in [-0.3, -0.25) is 19.9 Å². The molecule has 0 saturated carbocycles. The van der Waals surface area contributed by atoms with E-state index in [-0.39, 0.29) is 18.0 Å². The summed E-state index contributed by atoms with van der Waals surface area (Å²) in [5.74, 6) is 6.86. The second-order valence-electron chi connectivity index (χ2n) is 10.5. The third-order valence-corrected chi connectivity index (χ3v) is 7.82. The molecule has 5 N–H and O–H groups in total. The molecule has 1 saturated heterocycles. The zero-order chi connectivity index (χ0) is 27.9. The largest absolute Gasteiger partial charge is 0.357 e. The van der Waals surface area contributed by atoms with Crippen molar-refractivity contribution < 1.29 is 4.79 Å². The van der Waals surface area contributed by atoms with Crippen molar-refractivity contribution in [3.8, 4) is 22.4 Å². The van der Waals surface area contributed by atoms with Crippen molar-refractivity contribution in [2.45, 2.75) is 19.0 Å².